The van der Waals surface area contributed by atoms with E-state index in [9.17, 15) is 4.79 Å². The van der Waals surface area contributed by atoms with Crippen molar-refractivity contribution in [3.63, 3.8) is 0 Å². The Morgan fingerprint density at radius 1 is 1.45 bits per heavy atom. The van der Waals surface area contributed by atoms with Gasteiger partial charge in [0.15, 0.2) is 0 Å². The van der Waals surface area contributed by atoms with Gasteiger partial charge < -0.3 is 9.84 Å². The predicted molar refractivity (Wildman–Crippen MR) is 42.3 cm³/mol. The number of allylic oxidation sites excluding steroid dienone is 1. The number of ether oxygens (including phenoxy) is 1. The van der Waals surface area contributed by atoms with Crippen molar-refractivity contribution in [2.75, 3.05) is 6.61 Å². The fraction of sp³-hybridized carbons (Fsp3) is 0.625. The molecule has 0 aliphatic rings. The summed E-state index contributed by atoms with van der Waals surface area (Å²) >= 11 is 0. The van der Waals surface area contributed by atoms with Crippen LogP contribution in [0.1, 0.15) is 27.2 Å². The Balaban J connectivity index is 4.22. The van der Waals surface area contributed by atoms with Crippen LogP contribution in [0, 0.1) is 0 Å². The van der Waals surface area contributed by atoms with Gasteiger partial charge in [0.25, 0.3) is 0 Å². The van der Waals surface area contributed by atoms with Gasteiger partial charge in [-0.2, -0.15) is 0 Å². The molecule has 1 N–H and O–H groups in total. The van der Waals surface area contributed by atoms with E-state index in [2.05, 4.69) is 4.74 Å². The molecule has 0 aromatic carbocycles. The topological polar surface area (TPSA) is 46.5 Å². The van der Waals surface area contributed by atoms with Crippen LogP contribution in [0.2, 0.25) is 0 Å². The first kappa shape index (κ1) is 10.0. The quantitative estimate of drug-likeness (QED) is 0.387. The van der Waals surface area contributed by atoms with E-state index in [-0.39, 0.29) is 5.76 Å². The van der Waals surface area contributed by atoms with Crippen molar-refractivity contribution in [3.8, 4) is 0 Å². The van der Waals surface area contributed by atoms with Gasteiger partial charge in [-0.25, -0.2) is 4.79 Å². The number of esters is 1. The lowest BCUT2D eigenvalue weighted by molar-refractivity contribution is -0.138. The first-order chi connectivity index (χ1) is 5.13. The van der Waals surface area contributed by atoms with Crippen LogP contribution < -0.4 is 0 Å². The molecule has 0 rings (SSSR count). The molecule has 0 aromatic heterocycles. The Hall–Kier alpha value is -0.990. The predicted octanol–water partition coefficient (Wildman–Crippen LogP) is 1.79. The Labute approximate surface area is 66.7 Å². The van der Waals surface area contributed by atoms with Gasteiger partial charge in [-0.05, 0) is 13.8 Å². The monoisotopic (exact) mass is 158 g/mol. The highest BCUT2D eigenvalue weighted by Crippen LogP contribution is 2.05. The van der Waals surface area contributed by atoms with Gasteiger partial charge in [0, 0.05) is 6.42 Å². The molecule has 3 heteroatoms. The van der Waals surface area contributed by atoms with Gasteiger partial charge in [0.1, 0.15) is 5.76 Å². The molecule has 0 bridgehead atoms. The number of hydrogen-bond acceptors (Lipinski definition) is 3. The standard InChI is InChI=1S/C8H14O3/c1-4-7(9)6(3)8(10)11-5-2/h9H,4-5H2,1-3H3. The Bertz CT molecular complexity index is 170. The summed E-state index contributed by atoms with van der Waals surface area (Å²) in [5, 5.41) is 9.10. The van der Waals surface area contributed by atoms with E-state index in [0.717, 1.165) is 0 Å². The first-order valence-electron chi connectivity index (χ1n) is 3.69. The van der Waals surface area contributed by atoms with Gasteiger partial charge in [0.05, 0.1) is 12.2 Å². The molecule has 0 saturated carbocycles. The second-order valence-corrected chi connectivity index (χ2v) is 2.15. The minimum atomic E-state index is -0.438. The van der Waals surface area contributed by atoms with Gasteiger partial charge in [0.2, 0.25) is 0 Å². The van der Waals surface area contributed by atoms with Crippen LogP contribution in [0.5, 0.6) is 0 Å². The van der Waals surface area contributed by atoms with E-state index in [0.29, 0.717) is 18.6 Å². The smallest absolute Gasteiger partial charge is 0.337 e. The number of hydrogen-bond donors (Lipinski definition) is 1. The number of carbonyl (C=O) groups is 1. The third-order valence-corrected chi connectivity index (χ3v) is 1.35. The van der Waals surface area contributed by atoms with Gasteiger partial charge in [-0.3, -0.25) is 0 Å². The lowest BCUT2D eigenvalue weighted by Crippen LogP contribution is -2.07. The van der Waals surface area contributed by atoms with Crippen molar-refractivity contribution in [1.82, 2.24) is 0 Å². The maximum Gasteiger partial charge on any atom is 0.337 e. The van der Waals surface area contributed by atoms with Crippen molar-refractivity contribution >= 4 is 5.97 Å². The summed E-state index contributed by atoms with van der Waals surface area (Å²) in [5.41, 5.74) is 0.300. The molecule has 64 valence electrons. The van der Waals surface area contributed by atoms with Gasteiger partial charge >= 0.3 is 5.97 Å². The average molecular weight is 158 g/mol. The van der Waals surface area contributed by atoms with Gasteiger partial charge in [-0.1, -0.05) is 6.92 Å². The zero-order chi connectivity index (χ0) is 8.85. The van der Waals surface area contributed by atoms with Gasteiger partial charge in [-0.15, -0.1) is 0 Å². The second kappa shape index (κ2) is 4.77. The first-order valence-corrected chi connectivity index (χ1v) is 3.69. The summed E-state index contributed by atoms with van der Waals surface area (Å²) in [6, 6.07) is 0. The highest BCUT2D eigenvalue weighted by molar-refractivity contribution is 5.88. The van der Waals surface area contributed by atoms with E-state index in [1.165, 1.54) is 0 Å². The molecule has 3 nitrogen and oxygen atoms in total. The molecule has 0 spiro atoms. The van der Waals surface area contributed by atoms with E-state index in [4.69, 9.17) is 5.11 Å². The summed E-state index contributed by atoms with van der Waals surface area (Å²) in [6.07, 6.45) is 0.463. The zero-order valence-electron chi connectivity index (χ0n) is 7.18. The molecule has 0 aliphatic heterocycles. The highest BCUT2D eigenvalue weighted by Gasteiger charge is 2.08. The van der Waals surface area contributed by atoms with Crippen molar-refractivity contribution in [1.29, 1.82) is 0 Å². The number of aliphatic hydroxyl groups is 1. The van der Waals surface area contributed by atoms with Crippen LogP contribution in [0.25, 0.3) is 0 Å². The average Bonchev–Trinajstić information content (AvgIpc) is 2.02. The number of rotatable bonds is 3. The number of carbonyl (C=O) groups excluding carboxylic acids is 1. The fourth-order valence-corrected chi connectivity index (χ4v) is 0.622. The molecule has 0 atom stereocenters. The largest absolute Gasteiger partial charge is 0.512 e. The van der Waals surface area contributed by atoms with Crippen LogP contribution in [0.15, 0.2) is 11.3 Å². The molecule has 0 fully saturated rings. The van der Waals surface area contributed by atoms with E-state index in [1.807, 2.05) is 0 Å². The molecule has 0 aromatic rings. The molecule has 0 saturated heterocycles. The molecule has 11 heavy (non-hydrogen) atoms. The number of aliphatic hydroxyl groups excluding tert-OH is 1. The van der Waals surface area contributed by atoms with Crippen LogP contribution >= 0.6 is 0 Å². The Morgan fingerprint density at radius 3 is 2.36 bits per heavy atom. The summed E-state index contributed by atoms with van der Waals surface area (Å²) in [4.78, 5) is 10.9. The van der Waals surface area contributed by atoms with Crippen LogP contribution in [0.4, 0.5) is 0 Å². The second-order valence-electron chi connectivity index (χ2n) is 2.15. The lowest BCUT2D eigenvalue weighted by atomic mass is 10.2. The van der Waals surface area contributed by atoms with Crippen molar-refractivity contribution in [2.24, 2.45) is 0 Å². The summed E-state index contributed by atoms with van der Waals surface area (Å²) < 4.78 is 4.67. The lowest BCUT2D eigenvalue weighted by Gasteiger charge is -2.02. The normalized spacial score (nSPS) is 12.3. The maximum atomic E-state index is 10.9. The van der Waals surface area contributed by atoms with E-state index in [1.54, 1.807) is 20.8 Å². The minimum absolute atomic E-state index is 0.100. The van der Waals surface area contributed by atoms with Crippen LogP contribution in [-0.4, -0.2) is 17.7 Å². The highest BCUT2D eigenvalue weighted by atomic mass is 16.5. The summed E-state index contributed by atoms with van der Waals surface area (Å²) in [6.45, 7) is 5.40. The zero-order valence-corrected chi connectivity index (χ0v) is 7.18. The maximum absolute atomic E-state index is 10.9. The summed E-state index contributed by atoms with van der Waals surface area (Å²) in [7, 11) is 0. The molecule has 0 amide bonds. The Morgan fingerprint density at radius 2 is 2.00 bits per heavy atom. The van der Waals surface area contributed by atoms with Crippen molar-refractivity contribution in [2.45, 2.75) is 27.2 Å². The van der Waals surface area contributed by atoms with Crippen molar-refractivity contribution < 1.29 is 14.6 Å². The third kappa shape index (κ3) is 3.07. The minimum Gasteiger partial charge on any atom is -0.512 e. The third-order valence-electron chi connectivity index (χ3n) is 1.35. The molecular weight excluding hydrogens is 144 g/mol. The Kier molecular flexibility index (Phi) is 4.34. The fourth-order valence-electron chi connectivity index (χ4n) is 0.622. The molecule has 0 aliphatic carbocycles. The molecular formula is C8H14O3. The van der Waals surface area contributed by atoms with Crippen molar-refractivity contribution in [3.05, 3.63) is 11.3 Å². The molecule has 0 unspecified atom stereocenters. The van der Waals surface area contributed by atoms with E-state index < -0.39 is 5.97 Å². The molecule has 0 heterocycles. The van der Waals surface area contributed by atoms with Crippen LogP contribution in [-0.2, 0) is 9.53 Å². The SMILES string of the molecule is CCOC(=O)C(C)=C(O)CC. The van der Waals surface area contributed by atoms with E-state index >= 15 is 0 Å². The summed E-state index contributed by atoms with van der Waals surface area (Å²) in [5.74, 6) is -0.338. The van der Waals surface area contributed by atoms with Crippen LogP contribution in [0.3, 0.4) is 0 Å². The molecule has 0 radical (unpaired) electrons.